The van der Waals surface area contributed by atoms with Crippen molar-refractivity contribution in [1.82, 2.24) is 0 Å². The third-order valence-corrected chi connectivity index (χ3v) is 3.70. The van der Waals surface area contributed by atoms with E-state index in [0.717, 1.165) is 0 Å². The number of ketones is 1. The Hall–Kier alpha value is -2.93. The van der Waals surface area contributed by atoms with Gasteiger partial charge in [-0.2, -0.15) is 0 Å². The highest BCUT2D eigenvalue weighted by atomic mass is 16.5. The fourth-order valence-electron chi connectivity index (χ4n) is 2.53. The van der Waals surface area contributed by atoms with Crippen LogP contribution in [0.15, 0.2) is 30.3 Å². The average Bonchev–Trinajstić information content (AvgIpc) is 2.53. The topological polar surface area (TPSA) is 116 Å². The maximum absolute atomic E-state index is 12.3. The number of hydrogen-bond acceptors (Lipinski definition) is 7. The van der Waals surface area contributed by atoms with Crippen LogP contribution >= 0.6 is 0 Å². The monoisotopic (exact) mass is 318 g/mol. The smallest absolute Gasteiger partial charge is 0.202 e. The molecular weight excluding hydrogens is 304 g/mol. The number of methoxy groups -OCH3 is 1. The summed E-state index contributed by atoms with van der Waals surface area (Å²) in [5, 5.41) is 39.6. The van der Waals surface area contributed by atoms with Crippen molar-refractivity contribution in [3.63, 3.8) is 0 Å². The summed E-state index contributed by atoms with van der Waals surface area (Å²) >= 11 is 0. The molecule has 0 amide bonds. The first-order chi connectivity index (χ1) is 10.9. The lowest BCUT2D eigenvalue weighted by Gasteiger charge is -2.30. The number of fused-ring (bicyclic) bond motifs is 1. The maximum atomic E-state index is 12.3. The molecule has 1 aliphatic rings. The lowest BCUT2D eigenvalue weighted by molar-refractivity contribution is 0.0202. The molecule has 3 rings (SSSR count). The Morgan fingerprint density at radius 1 is 1.13 bits per heavy atom. The molecule has 0 aliphatic carbocycles. The number of aromatic hydroxyl groups is 3. The van der Waals surface area contributed by atoms with Gasteiger partial charge in [-0.3, -0.25) is 4.79 Å². The second kappa shape index (κ2) is 5.36. The van der Waals surface area contributed by atoms with Crippen LogP contribution in [0.2, 0.25) is 0 Å². The first-order valence-corrected chi connectivity index (χ1v) is 6.74. The fourth-order valence-corrected chi connectivity index (χ4v) is 2.53. The molecule has 23 heavy (non-hydrogen) atoms. The molecule has 7 nitrogen and oxygen atoms in total. The summed E-state index contributed by atoms with van der Waals surface area (Å²) in [6.45, 7) is 0. The number of phenolic OH excluding ortho intramolecular Hbond substituents is 3. The summed E-state index contributed by atoms with van der Waals surface area (Å²) in [7, 11) is 1.39. The number of aliphatic hydroxyl groups is 1. The number of aliphatic hydroxyl groups excluding tert-OH is 1. The molecule has 1 heterocycles. The minimum absolute atomic E-state index is 0.0184. The van der Waals surface area contributed by atoms with E-state index in [1.807, 2.05) is 0 Å². The van der Waals surface area contributed by atoms with Gasteiger partial charge < -0.3 is 29.9 Å². The summed E-state index contributed by atoms with van der Waals surface area (Å²) in [5.41, 5.74) is -0.104. The van der Waals surface area contributed by atoms with Gasteiger partial charge in [0.05, 0.1) is 7.11 Å². The van der Waals surface area contributed by atoms with E-state index in [2.05, 4.69) is 0 Å². The van der Waals surface area contributed by atoms with Gasteiger partial charge in [0.2, 0.25) is 5.78 Å². The Bertz CT molecular complexity index is 784. The normalized spacial score (nSPS) is 19.8. The van der Waals surface area contributed by atoms with Crippen molar-refractivity contribution in [2.45, 2.75) is 12.2 Å². The van der Waals surface area contributed by atoms with Crippen LogP contribution in [-0.2, 0) is 0 Å². The van der Waals surface area contributed by atoms with Gasteiger partial charge in [-0.1, -0.05) is 12.1 Å². The van der Waals surface area contributed by atoms with E-state index in [1.165, 1.54) is 37.4 Å². The van der Waals surface area contributed by atoms with E-state index in [0.29, 0.717) is 0 Å². The van der Waals surface area contributed by atoms with Crippen LogP contribution in [0.5, 0.6) is 28.7 Å². The highest BCUT2D eigenvalue weighted by molar-refractivity contribution is 6.05. The van der Waals surface area contributed by atoms with Gasteiger partial charge in [0.15, 0.2) is 23.7 Å². The van der Waals surface area contributed by atoms with Crippen LogP contribution in [-0.4, -0.2) is 39.4 Å². The minimum Gasteiger partial charge on any atom is -0.507 e. The zero-order valence-electron chi connectivity index (χ0n) is 12.1. The highest BCUT2D eigenvalue weighted by Crippen LogP contribution is 2.44. The van der Waals surface area contributed by atoms with Crippen LogP contribution in [0.3, 0.4) is 0 Å². The first kappa shape index (κ1) is 15.0. The fraction of sp³-hybridized carbons (Fsp3) is 0.188. The summed E-state index contributed by atoms with van der Waals surface area (Å²) in [6.07, 6.45) is -2.87. The van der Waals surface area contributed by atoms with E-state index in [-0.39, 0.29) is 28.4 Å². The van der Waals surface area contributed by atoms with Crippen molar-refractivity contribution < 1.29 is 34.7 Å². The first-order valence-electron chi connectivity index (χ1n) is 6.74. The Labute approximate surface area is 131 Å². The number of benzene rings is 2. The number of Topliss-reactive ketones (excluding diaryl/α,β-unsaturated/α-hetero) is 1. The molecule has 120 valence electrons. The largest absolute Gasteiger partial charge is 0.507 e. The molecule has 1 aliphatic heterocycles. The number of rotatable bonds is 2. The van der Waals surface area contributed by atoms with E-state index in [4.69, 9.17) is 9.47 Å². The van der Waals surface area contributed by atoms with Crippen LogP contribution in [0, 0.1) is 0 Å². The molecule has 0 aromatic heterocycles. The molecule has 2 aromatic rings. The standard InChI is InChI=1S/C16H14O7/c1-22-7-5-10(18)12-11(6-7)23-16(15(21)14(12)20)8-3-2-4-9(17)13(8)19/h2-6,15-19,21H,1H3/t15-,16-/m0/s1. The Morgan fingerprint density at radius 2 is 1.87 bits per heavy atom. The summed E-state index contributed by atoms with van der Waals surface area (Å²) in [4.78, 5) is 12.3. The lowest BCUT2D eigenvalue weighted by Crippen LogP contribution is -2.36. The predicted octanol–water partition coefficient (Wildman–Crippen LogP) is 1.49. The molecule has 4 N–H and O–H groups in total. The molecule has 0 spiro atoms. The van der Waals surface area contributed by atoms with Crippen LogP contribution in [0.1, 0.15) is 22.0 Å². The molecule has 0 radical (unpaired) electrons. The summed E-state index contributed by atoms with van der Waals surface area (Å²) in [6, 6.07) is 6.76. The van der Waals surface area contributed by atoms with Crippen molar-refractivity contribution in [3.05, 3.63) is 41.5 Å². The highest BCUT2D eigenvalue weighted by Gasteiger charge is 2.40. The third-order valence-electron chi connectivity index (χ3n) is 3.70. The van der Waals surface area contributed by atoms with Crippen LogP contribution in [0.4, 0.5) is 0 Å². The zero-order valence-corrected chi connectivity index (χ0v) is 12.1. The predicted molar refractivity (Wildman–Crippen MR) is 78.1 cm³/mol. The van der Waals surface area contributed by atoms with E-state index >= 15 is 0 Å². The molecule has 0 unspecified atom stereocenters. The summed E-state index contributed by atoms with van der Waals surface area (Å²) < 4.78 is 10.6. The van der Waals surface area contributed by atoms with E-state index in [9.17, 15) is 25.2 Å². The minimum atomic E-state index is -1.64. The van der Waals surface area contributed by atoms with Gasteiger partial charge in [0.1, 0.15) is 22.8 Å². The van der Waals surface area contributed by atoms with Crippen LogP contribution < -0.4 is 9.47 Å². The number of phenols is 3. The van der Waals surface area contributed by atoms with Gasteiger partial charge in [-0.05, 0) is 6.07 Å². The molecule has 2 aromatic carbocycles. The molecule has 7 heteroatoms. The van der Waals surface area contributed by atoms with Gasteiger partial charge in [-0.25, -0.2) is 0 Å². The molecule has 0 saturated heterocycles. The Kier molecular flexibility index (Phi) is 3.49. The molecular formula is C16H14O7. The lowest BCUT2D eigenvalue weighted by atomic mass is 9.92. The average molecular weight is 318 g/mol. The summed E-state index contributed by atoms with van der Waals surface area (Å²) in [5.74, 6) is -1.72. The number of hydrogen-bond donors (Lipinski definition) is 4. The van der Waals surface area contributed by atoms with Crippen molar-refractivity contribution in [1.29, 1.82) is 0 Å². The van der Waals surface area contributed by atoms with E-state index in [1.54, 1.807) is 0 Å². The van der Waals surface area contributed by atoms with Gasteiger partial charge in [0, 0.05) is 17.7 Å². The number of carbonyl (C=O) groups excluding carboxylic acids is 1. The van der Waals surface area contributed by atoms with Gasteiger partial charge in [0.25, 0.3) is 0 Å². The van der Waals surface area contributed by atoms with Gasteiger partial charge in [-0.15, -0.1) is 0 Å². The van der Waals surface area contributed by atoms with Crippen molar-refractivity contribution in [2.24, 2.45) is 0 Å². The number of ether oxygens (including phenoxy) is 2. The molecule has 2 atom stereocenters. The van der Waals surface area contributed by atoms with Crippen molar-refractivity contribution >= 4 is 5.78 Å². The Balaban J connectivity index is 2.12. The Morgan fingerprint density at radius 3 is 2.57 bits per heavy atom. The molecule has 0 saturated carbocycles. The van der Waals surface area contributed by atoms with Gasteiger partial charge >= 0.3 is 0 Å². The molecule has 0 bridgehead atoms. The number of para-hydroxylation sites is 1. The maximum Gasteiger partial charge on any atom is 0.202 e. The SMILES string of the molecule is COc1cc(O)c2c(c1)O[C@@H](c1cccc(O)c1O)[C@@H](O)C2=O. The van der Waals surface area contributed by atoms with Crippen molar-refractivity contribution in [2.75, 3.05) is 7.11 Å². The molecule has 0 fully saturated rings. The quantitative estimate of drug-likeness (QED) is 0.620. The van der Waals surface area contributed by atoms with Crippen molar-refractivity contribution in [3.8, 4) is 28.7 Å². The second-order valence-corrected chi connectivity index (χ2v) is 5.08. The number of carbonyl (C=O) groups is 1. The van der Waals surface area contributed by atoms with Crippen LogP contribution in [0.25, 0.3) is 0 Å². The third kappa shape index (κ3) is 2.31. The zero-order chi connectivity index (χ0) is 16.7. The van der Waals surface area contributed by atoms with E-state index < -0.39 is 29.5 Å². The second-order valence-electron chi connectivity index (χ2n) is 5.08.